The van der Waals surface area contributed by atoms with E-state index >= 15 is 0 Å². The Balaban J connectivity index is 2.42. The lowest BCUT2D eigenvalue weighted by Gasteiger charge is -2.29. The van der Waals surface area contributed by atoms with Crippen LogP contribution in [0.4, 0.5) is 17.6 Å². The van der Waals surface area contributed by atoms with Crippen molar-refractivity contribution in [2.24, 2.45) is 0 Å². The Kier molecular flexibility index (Phi) is 10.5. The van der Waals surface area contributed by atoms with E-state index in [0.717, 1.165) is 24.3 Å². The van der Waals surface area contributed by atoms with Crippen LogP contribution in [0.25, 0.3) is 0 Å². The van der Waals surface area contributed by atoms with Crippen LogP contribution in [0.1, 0.15) is 36.9 Å². The van der Waals surface area contributed by atoms with Gasteiger partial charge >= 0.3 is 12.1 Å². The predicted molar refractivity (Wildman–Crippen MR) is 124 cm³/mol. The molecule has 0 bridgehead atoms. The van der Waals surface area contributed by atoms with Crippen molar-refractivity contribution >= 4 is 21.7 Å². The topological polar surface area (TPSA) is 146 Å². The second-order valence-electron chi connectivity index (χ2n) is 8.35. The Morgan fingerprint density at radius 3 is 2.30 bits per heavy atom. The van der Waals surface area contributed by atoms with Crippen LogP contribution in [0.3, 0.4) is 0 Å². The van der Waals surface area contributed by atoms with E-state index in [9.17, 15) is 40.7 Å². The molecular formula is C23H27F4N3O6S. The largest absolute Gasteiger partial charge is 0.479 e. The van der Waals surface area contributed by atoms with Gasteiger partial charge in [-0.25, -0.2) is 17.6 Å². The number of nitrogens with one attached hydrogen (secondary N) is 2. The molecule has 4 atom stereocenters. The van der Waals surface area contributed by atoms with Crippen LogP contribution in [-0.2, 0) is 25.2 Å². The summed E-state index contributed by atoms with van der Waals surface area (Å²) in [5, 5.41) is 23.2. The molecule has 1 unspecified atom stereocenters. The summed E-state index contributed by atoms with van der Waals surface area (Å²) in [5.74, 6) is -5.46. The fourth-order valence-corrected chi connectivity index (χ4v) is 5.11. The maximum Gasteiger partial charge on any atom is 0.407 e. The minimum absolute atomic E-state index is 0.0466. The van der Waals surface area contributed by atoms with E-state index in [2.05, 4.69) is 10.3 Å². The number of rotatable bonds is 13. The number of carboxylic acid groups (broad SMARTS) is 1. The first-order chi connectivity index (χ1) is 17.2. The molecule has 9 nitrogen and oxygen atoms in total. The van der Waals surface area contributed by atoms with Crippen LogP contribution in [-0.4, -0.2) is 65.6 Å². The van der Waals surface area contributed by atoms with Crippen molar-refractivity contribution < 1.29 is 45.8 Å². The van der Waals surface area contributed by atoms with Crippen molar-refractivity contribution in [2.75, 3.05) is 5.75 Å². The lowest BCUT2D eigenvalue weighted by molar-refractivity contribution is -0.160. The highest BCUT2D eigenvalue weighted by molar-refractivity contribution is 7.90. The summed E-state index contributed by atoms with van der Waals surface area (Å²) < 4.78 is 80.9. The fraction of sp³-hybridized carbons (Fsp3) is 0.435. The second kappa shape index (κ2) is 12.9. The van der Waals surface area contributed by atoms with E-state index in [1.165, 1.54) is 24.5 Å². The van der Waals surface area contributed by atoms with Gasteiger partial charge in [0.25, 0.3) is 0 Å². The van der Waals surface area contributed by atoms with Crippen LogP contribution in [0.5, 0.6) is 0 Å². The van der Waals surface area contributed by atoms with Crippen molar-refractivity contribution in [3.63, 3.8) is 0 Å². The molecule has 4 N–H and O–H groups in total. The lowest BCUT2D eigenvalue weighted by atomic mass is 10.0. The molecule has 1 aromatic carbocycles. The van der Waals surface area contributed by atoms with E-state index in [-0.39, 0.29) is 12.0 Å². The third-order valence-corrected chi connectivity index (χ3v) is 6.92. The number of carbonyl (C=O) groups is 2. The van der Waals surface area contributed by atoms with Gasteiger partial charge in [0.1, 0.15) is 17.9 Å². The Morgan fingerprint density at radius 2 is 1.78 bits per heavy atom. The molecule has 1 heterocycles. The van der Waals surface area contributed by atoms with Gasteiger partial charge in [0.05, 0.1) is 17.5 Å². The Bertz CT molecular complexity index is 1150. The molecule has 2 aromatic rings. The standard InChI is InChI=1S/C23H27F4N3O6S/c1-2-4-17(19(31)22(33)34)30-21(32)18(13-37(35,36)12-14-5-3-10-28-11-14)29-20(23(25,26)27)15-6-8-16(24)9-7-15/h3,5-11,17-20,29,31H,2,4,12-13H2,1H3,(H,30,32)(H,33,34)/t17-,18+,19?,20+/m1/s1. The lowest BCUT2D eigenvalue weighted by Crippen LogP contribution is -2.56. The Labute approximate surface area is 210 Å². The van der Waals surface area contributed by atoms with Gasteiger partial charge in [-0.3, -0.25) is 15.1 Å². The molecule has 0 radical (unpaired) electrons. The van der Waals surface area contributed by atoms with Gasteiger partial charge in [-0.05, 0) is 35.7 Å². The molecule has 2 rings (SSSR count). The van der Waals surface area contributed by atoms with Gasteiger partial charge in [-0.2, -0.15) is 13.2 Å². The number of nitrogens with zero attached hydrogens (tertiary/aromatic N) is 1. The molecular weight excluding hydrogens is 522 g/mol. The molecule has 204 valence electrons. The van der Waals surface area contributed by atoms with E-state index in [1.807, 2.05) is 5.32 Å². The second-order valence-corrected chi connectivity index (χ2v) is 10.5. The van der Waals surface area contributed by atoms with Crippen LogP contribution in [0.2, 0.25) is 0 Å². The number of aliphatic carboxylic acids is 1. The molecule has 37 heavy (non-hydrogen) atoms. The molecule has 0 aliphatic heterocycles. The highest BCUT2D eigenvalue weighted by Gasteiger charge is 2.44. The minimum Gasteiger partial charge on any atom is -0.479 e. The third kappa shape index (κ3) is 9.37. The number of carboxylic acids is 1. The summed E-state index contributed by atoms with van der Waals surface area (Å²) in [5.41, 5.74) is -0.246. The average Bonchev–Trinajstić information content (AvgIpc) is 2.81. The number of sulfone groups is 1. The number of hydrogen-bond acceptors (Lipinski definition) is 7. The molecule has 0 saturated carbocycles. The highest BCUT2D eigenvalue weighted by atomic mass is 32.2. The monoisotopic (exact) mass is 549 g/mol. The number of aliphatic hydroxyl groups is 1. The third-order valence-electron chi connectivity index (χ3n) is 5.31. The number of benzene rings is 1. The number of carbonyl (C=O) groups excluding carboxylic acids is 1. The first-order valence-electron chi connectivity index (χ1n) is 11.1. The summed E-state index contributed by atoms with van der Waals surface area (Å²) >= 11 is 0. The first kappa shape index (κ1) is 30.1. The molecule has 14 heteroatoms. The summed E-state index contributed by atoms with van der Waals surface area (Å²) in [7, 11) is -4.21. The molecule has 0 aliphatic rings. The predicted octanol–water partition coefficient (Wildman–Crippen LogP) is 2.13. The fourth-order valence-electron chi connectivity index (χ4n) is 3.56. The molecule has 0 saturated heterocycles. The number of hydrogen-bond donors (Lipinski definition) is 4. The minimum atomic E-state index is -5.02. The van der Waals surface area contributed by atoms with Crippen molar-refractivity contribution in [1.29, 1.82) is 0 Å². The van der Waals surface area contributed by atoms with Crippen LogP contribution >= 0.6 is 0 Å². The molecule has 0 spiro atoms. The van der Waals surface area contributed by atoms with E-state index in [0.29, 0.717) is 6.42 Å². The van der Waals surface area contributed by atoms with E-state index in [1.54, 1.807) is 6.92 Å². The van der Waals surface area contributed by atoms with E-state index < -0.39 is 75.0 Å². The molecule has 1 amide bonds. The zero-order valence-electron chi connectivity index (χ0n) is 19.7. The zero-order chi connectivity index (χ0) is 27.8. The SMILES string of the molecule is CCC[C@@H](NC(=O)[C@H](CS(=O)(=O)Cc1cccnc1)N[C@@H](c1ccc(F)cc1)C(F)(F)F)C(O)C(=O)O. The summed E-state index contributed by atoms with van der Waals surface area (Å²) in [6, 6.07) is 0.172. The molecule has 0 fully saturated rings. The highest BCUT2D eigenvalue weighted by Crippen LogP contribution is 2.33. The number of halogens is 4. The Morgan fingerprint density at radius 1 is 1.14 bits per heavy atom. The zero-order valence-corrected chi connectivity index (χ0v) is 20.5. The van der Waals surface area contributed by atoms with Crippen LogP contribution in [0.15, 0.2) is 48.8 Å². The number of alkyl halides is 3. The number of aliphatic hydroxyl groups excluding tert-OH is 1. The maximum absolute atomic E-state index is 14.0. The number of pyridine rings is 1. The van der Waals surface area contributed by atoms with Crippen molar-refractivity contribution in [2.45, 2.75) is 55.9 Å². The van der Waals surface area contributed by atoms with Gasteiger partial charge < -0.3 is 15.5 Å². The normalized spacial score (nSPS) is 15.4. The van der Waals surface area contributed by atoms with Crippen LogP contribution < -0.4 is 10.6 Å². The van der Waals surface area contributed by atoms with Crippen LogP contribution in [0, 0.1) is 5.82 Å². The molecule has 0 aliphatic carbocycles. The van der Waals surface area contributed by atoms with Gasteiger partial charge in [-0.1, -0.05) is 31.5 Å². The maximum atomic E-state index is 14.0. The quantitative estimate of drug-likeness (QED) is 0.278. The van der Waals surface area contributed by atoms with Crippen molar-refractivity contribution in [3.8, 4) is 0 Å². The van der Waals surface area contributed by atoms with Gasteiger partial charge in [0.2, 0.25) is 5.91 Å². The summed E-state index contributed by atoms with van der Waals surface area (Å²) in [4.78, 5) is 28.1. The molecule has 1 aromatic heterocycles. The number of amides is 1. The smallest absolute Gasteiger partial charge is 0.407 e. The van der Waals surface area contributed by atoms with Gasteiger partial charge in [0.15, 0.2) is 15.9 Å². The van der Waals surface area contributed by atoms with Gasteiger partial charge in [0, 0.05) is 12.4 Å². The Hall–Kier alpha value is -3.10. The first-order valence-corrected chi connectivity index (χ1v) is 12.9. The van der Waals surface area contributed by atoms with Gasteiger partial charge in [-0.15, -0.1) is 0 Å². The van der Waals surface area contributed by atoms with E-state index in [4.69, 9.17) is 5.11 Å². The summed E-state index contributed by atoms with van der Waals surface area (Å²) in [6.45, 7) is 1.62. The number of aromatic nitrogens is 1. The van der Waals surface area contributed by atoms with Crippen molar-refractivity contribution in [1.82, 2.24) is 15.6 Å². The average molecular weight is 550 g/mol. The van der Waals surface area contributed by atoms with Crippen molar-refractivity contribution in [3.05, 3.63) is 65.7 Å². The summed E-state index contributed by atoms with van der Waals surface area (Å²) in [6.07, 6.45) is -4.20.